The van der Waals surface area contributed by atoms with Crippen molar-refractivity contribution in [2.45, 2.75) is 52.0 Å². The lowest BCUT2D eigenvalue weighted by Gasteiger charge is -2.34. The van der Waals surface area contributed by atoms with Crippen LogP contribution in [0, 0.1) is 11.8 Å². The van der Waals surface area contributed by atoms with Crippen LogP contribution in [0.2, 0.25) is 0 Å². The average molecular weight is 276 g/mol. The number of nitrogens with one attached hydrogen (secondary N) is 1. The minimum absolute atomic E-state index is 0.581. The Bertz CT molecular complexity index is 390. The Kier molecular flexibility index (Phi) is 5.84. The van der Waals surface area contributed by atoms with Crippen LogP contribution in [0.15, 0.2) is 18.3 Å². The predicted molar refractivity (Wildman–Crippen MR) is 83.1 cm³/mol. The van der Waals surface area contributed by atoms with Crippen molar-refractivity contribution in [1.82, 2.24) is 10.3 Å². The molecule has 2 rings (SSSR count). The standard InChI is InChI=1S/C17H28N2O/c1-4-18-16(15-7-5-6-13(2)10-15)11-14-8-9-17(20-3)19-12-14/h8-9,12-13,15-16,18H,4-7,10-11H2,1-3H3. The van der Waals surface area contributed by atoms with Crippen LogP contribution in [-0.4, -0.2) is 24.7 Å². The Morgan fingerprint density at radius 1 is 1.40 bits per heavy atom. The fourth-order valence-electron chi connectivity index (χ4n) is 3.42. The summed E-state index contributed by atoms with van der Waals surface area (Å²) in [7, 11) is 1.66. The van der Waals surface area contributed by atoms with E-state index >= 15 is 0 Å². The van der Waals surface area contributed by atoms with Gasteiger partial charge in [-0.2, -0.15) is 0 Å². The van der Waals surface area contributed by atoms with Crippen LogP contribution in [0.3, 0.4) is 0 Å². The molecule has 1 aliphatic carbocycles. The van der Waals surface area contributed by atoms with Crippen LogP contribution >= 0.6 is 0 Å². The van der Waals surface area contributed by atoms with Gasteiger partial charge in [-0.05, 0) is 43.2 Å². The first kappa shape index (κ1) is 15.3. The molecule has 1 saturated carbocycles. The number of likely N-dealkylation sites (N-methyl/N-ethyl adjacent to an activating group) is 1. The van der Waals surface area contributed by atoms with E-state index < -0.39 is 0 Å². The maximum atomic E-state index is 5.13. The van der Waals surface area contributed by atoms with Crippen LogP contribution in [0.5, 0.6) is 5.88 Å². The van der Waals surface area contributed by atoms with Gasteiger partial charge in [-0.15, -0.1) is 0 Å². The molecule has 1 aliphatic rings. The lowest BCUT2D eigenvalue weighted by Crippen LogP contribution is -2.40. The third-order valence-electron chi connectivity index (χ3n) is 4.47. The van der Waals surface area contributed by atoms with Gasteiger partial charge < -0.3 is 10.1 Å². The monoisotopic (exact) mass is 276 g/mol. The highest BCUT2D eigenvalue weighted by molar-refractivity contribution is 5.18. The molecule has 1 aromatic rings. The van der Waals surface area contributed by atoms with Gasteiger partial charge in [0.25, 0.3) is 0 Å². The topological polar surface area (TPSA) is 34.1 Å². The summed E-state index contributed by atoms with van der Waals surface area (Å²) in [6, 6.07) is 4.68. The summed E-state index contributed by atoms with van der Waals surface area (Å²) < 4.78 is 5.13. The Balaban J connectivity index is 2.00. The van der Waals surface area contributed by atoms with E-state index in [1.807, 2.05) is 12.3 Å². The minimum atomic E-state index is 0.581. The normalized spacial score (nSPS) is 24.4. The first-order valence-corrected chi connectivity index (χ1v) is 7.95. The number of hydrogen-bond acceptors (Lipinski definition) is 3. The fraction of sp³-hybridized carbons (Fsp3) is 0.706. The minimum Gasteiger partial charge on any atom is -0.481 e. The van der Waals surface area contributed by atoms with Gasteiger partial charge in [-0.1, -0.05) is 32.8 Å². The summed E-state index contributed by atoms with van der Waals surface area (Å²) in [5.41, 5.74) is 1.30. The first-order chi connectivity index (χ1) is 9.72. The van der Waals surface area contributed by atoms with E-state index in [4.69, 9.17) is 4.74 Å². The Hall–Kier alpha value is -1.09. The zero-order chi connectivity index (χ0) is 14.4. The third kappa shape index (κ3) is 4.20. The maximum absolute atomic E-state index is 5.13. The Morgan fingerprint density at radius 2 is 2.25 bits per heavy atom. The highest BCUT2D eigenvalue weighted by Crippen LogP contribution is 2.31. The molecule has 0 radical (unpaired) electrons. The molecule has 1 heterocycles. The molecule has 112 valence electrons. The van der Waals surface area contributed by atoms with Crippen molar-refractivity contribution in [1.29, 1.82) is 0 Å². The molecule has 1 aromatic heterocycles. The summed E-state index contributed by atoms with van der Waals surface area (Å²) in [6.45, 7) is 5.63. The molecule has 0 amide bonds. The maximum Gasteiger partial charge on any atom is 0.212 e. The second-order valence-corrected chi connectivity index (χ2v) is 6.11. The largest absolute Gasteiger partial charge is 0.481 e. The zero-order valence-corrected chi connectivity index (χ0v) is 13.1. The smallest absolute Gasteiger partial charge is 0.212 e. The highest BCUT2D eigenvalue weighted by atomic mass is 16.5. The molecule has 1 N–H and O–H groups in total. The van der Waals surface area contributed by atoms with E-state index in [9.17, 15) is 0 Å². The van der Waals surface area contributed by atoms with Crippen molar-refractivity contribution >= 4 is 0 Å². The summed E-state index contributed by atoms with van der Waals surface area (Å²) >= 11 is 0. The zero-order valence-electron chi connectivity index (χ0n) is 13.1. The van der Waals surface area contributed by atoms with Crippen molar-refractivity contribution in [2.75, 3.05) is 13.7 Å². The predicted octanol–water partition coefficient (Wildman–Crippen LogP) is 3.44. The molecule has 20 heavy (non-hydrogen) atoms. The molecule has 0 saturated heterocycles. The van der Waals surface area contributed by atoms with Gasteiger partial charge in [-0.3, -0.25) is 0 Å². The molecule has 0 spiro atoms. The molecule has 3 atom stereocenters. The van der Waals surface area contributed by atoms with Crippen LogP contribution < -0.4 is 10.1 Å². The summed E-state index contributed by atoms with van der Waals surface area (Å²) in [5, 5.41) is 3.69. The van der Waals surface area contributed by atoms with Gasteiger partial charge in [-0.25, -0.2) is 4.98 Å². The molecule has 0 aliphatic heterocycles. The molecule has 3 nitrogen and oxygen atoms in total. The van der Waals surface area contributed by atoms with Gasteiger partial charge in [0.1, 0.15) is 0 Å². The van der Waals surface area contributed by atoms with Crippen molar-refractivity contribution in [3.8, 4) is 5.88 Å². The van der Waals surface area contributed by atoms with E-state index in [1.54, 1.807) is 7.11 Å². The number of aromatic nitrogens is 1. The quantitative estimate of drug-likeness (QED) is 0.864. The Labute approximate surface area is 123 Å². The number of nitrogens with zero attached hydrogens (tertiary/aromatic N) is 1. The van der Waals surface area contributed by atoms with Gasteiger partial charge in [0.2, 0.25) is 5.88 Å². The molecule has 3 heteroatoms. The second kappa shape index (κ2) is 7.63. The molecule has 1 fully saturated rings. The number of ether oxygens (including phenoxy) is 1. The lowest BCUT2D eigenvalue weighted by molar-refractivity contribution is 0.222. The summed E-state index contributed by atoms with van der Waals surface area (Å²) in [6.07, 6.45) is 8.54. The number of rotatable bonds is 6. The Morgan fingerprint density at radius 3 is 2.85 bits per heavy atom. The van der Waals surface area contributed by atoms with Crippen molar-refractivity contribution in [2.24, 2.45) is 11.8 Å². The summed E-state index contributed by atoms with van der Waals surface area (Å²) in [5.74, 6) is 2.38. The van der Waals surface area contributed by atoms with E-state index in [2.05, 4.69) is 30.2 Å². The van der Waals surface area contributed by atoms with Crippen LogP contribution in [0.1, 0.15) is 45.1 Å². The van der Waals surface area contributed by atoms with Crippen LogP contribution in [0.25, 0.3) is 0 Å². The second-order valence-electron chi connectivity index (χ2n) is 6.11. The molecular formula is C17H28N2O. The molecule has 0 bridgehead atoms. The third-order valence-corrected chi connectivity index (χ3v) is 4.47. The number of pyridine rings is 1. The summed E-state index contributed by atoms with van der Waals surface area (Å²) in [4.78, 5) is 4.32. The van der Waals surface area contributed by atoms with E-state index in [-0.39, 0.29) is 0 Å². The van der Waals surface area contributed by atoms with E-state index in [0.717, 1.165) is 24.8 Å². The van der Waals surface area contributed by atoms with E-state index in [1.165, 1.54) is 31.2 Å². The number of hydrogen-bond donors (Lipinski definition) is 1. The first-order valence-electron chi connectivity index (χ1n) is 7.95. The van der Waals surface area contributed by atoms with Gasteiger partial charge >= 0.3 is 0 Å². The lowest BCUT2D eigenvalue weighted by atomic mass is 9.77. The van der Waals surface area contributed by atoms with Crippen molar-refractivity contribution in [3.05, 3.63) is 23.9 Å². The van der Waals surface area contributed by atoms with Crippen LogP contribution in [0.4, 0.5) is 0 Å². The van der Waals surface area contributed by atoms with Crippen LogP contribution in [-0.2, 0) is 6.42 Å². The van der Waals surface area contributed by atoms with Crippen molar-refractivity contribution < 1.29 is 4.74 Å². The number of methoxy groups -OCH3 is 1. The van der Waals surface area contributed by atoms with Gasteiger partial charge in [0, 0.05) is 18.3 Å². The molecular weight excluding hydrogens is 248 g/mol. The molecule has 3 unspecified atom stereocenters. The van der Waals surface area contributed by atoms with E-state index in [0.29, 0.717) is 11.9 Å². The van der Waals surface area contributed by atoms with Gasteiger partial charge in [0.05, 0.1) is 7.11 Å². The van der Waals surface area contributed by atoms with Crippen molar-refractivity contribution in [3.63, 3.8) is 0 Å². The SMILES string of the molecule is CCNC(Cc1ccc(OC)nc1)C1CCCC(C)C1. The molecule has 0 aromatic carbocycles. The highest BCUT2D eigenvalue weighted by Gasteiger charge is 2.26. The fourth-order valence-corrected chi connectivity index (χ4v) is 3.42. The van der Waals surface area contributed by atoms with Gasteiger partial charge in [0.15, 0.2) is 0 Å². The average Bonchev–Trinajstić information content (AvgIpc) is 2.47.